The topological polar surface area (TPSA) is 45.7 Å². The van der Waals surface area contributed by atoms with Crippen LogP contribution in [0.4, 0.5) is 0 Å². The van der Waals surface area contributed by atoms with Crippen molar-refractivity contribution in [2.45, 2.75) is 36.3 Å². The predicted molar refractivity (Wildman–Crippen MR) is 126 cm³/mol. The zero-order chi connectivity index (χ0) is 17.5. The molecule has 3 rings (SSSR count). The molecule has 2 heterocycles. The molecule has 2 N–H and O–H groups in total. The molecule has 2 fully saturated rings. The maximum absolute atomic E-state index is 5.63. The Kier molecular flexibility index (Phi) is 9.54. The van der Waals surface area contributed by atoms with Crippen LogP contribution in [0.5, 0.6) is 0 Å². The van der Waals surface area contributed by atoms with E-state index < -0.39 is 0 Å². The molecular formula is C19H29BrIN3OS. The van der Waals surface area contributed by atoms with Gasteiger partial charge in [0.15, 0.2) is 5.96 Å². The molecule has 146 valence electrons. The fourth-order valence-corrected chi connectivity index (χ4v) is 5.09. The summed E-state index contributed by atoms with van der Waals surface area (Å²) in [6, 6.07) is 8.75. The van der Waals surface area contributed by atoms with Crippen molar-refractivity contribution in [2.24, 2.45) is 4.99 Å². The monoisotopic (exact) mass is 553 g/mol. The molecule has 4 nitrogen and oxygen atoms in total. The van der Waals surface area contributed by atoms with Crippen LogP contribution in [0.1, 0.15) is 31.2 Å². The molecule has 1 atom stereocenters. The molecule has 0 amide bonds. The highest BCUT2D eigenvalue weighted by molar-refractivity contribution is 14.0. The number of guanidine groups is 1. The second-order valence-corrected chi connectivity index (χ2v) is 9.17. The molecule has 2 saturated heterocycles. The van der Waals surface area contributed by atoms with Crippen molar-refractivity contribution < 1.29 is 4.74 Å². The smallest absolute Gasteiger partial charge is 0.191 e. The zero-order valence-corrected chi connectivity index (χ0v) is 20.0. The van der Waals surface area contributed by atoms with Gasteiger partial charge in [0.25, 0.3) is 0 Å². The first-order valence-corrected chi connectivity index (χ1v) is 11.0. The zero-order valence-electron chi connectivity index (χ0n) is 15.3. The number of nitrogens with one attached hydrogen (secondary N) is 2. The molecule has 26 heavy (non-hydrogen) atoms. The highest BCUT2D eigenvalue weighted by Crippen LogP contribution is 2.35. The quantitative estimate of drug-likeness (QED) is 0.326. The number of hydrogen-bond acceptors (Lipinski definition) is 3. The summed E-state index contributed by atoms with van der Waals surface area (Å²) in [5.41, 5.74) is 1.49. The Labute approximate surface area is 186 Å². The van der Waals surface area contributed by atoms with Crippen LogP contribution in [-0.4, -0.2) is 50.3 Å². The molecule has 0 aliphatic carbocycles. The lowest BCUT2D eigenvalue weighted by molar-refractivity contribution is 0.0514. The van der Waals surface area contributed by atoms with Crippen molar-refractivity contribution in [3.63, 3.8) is 0 Å². The molecule has 2 aliphatic rings. The number of halogens is 2. The molecule has 7 heteroatoms. The van der Waals surface area contributed by atoms with Gasteiger partial charge in [-0.25, -0.2) is 0 Å². The number of benzene rings is 1. The summed E-state index contributed by atoms with van der Waals surface area (Å²) >= 11 is 5.61. The van der Waals surface area contributed by atoms with Gasteiger partial charge in [-0.1, -0.05) is 28.1 Å². The summed E-state index contributed by atoms with van der Waals surface area (Å²) in [5.74, 6) is 2.21. The lowest BCUT2D eigenvalue weighted by Crippen LogP contribution is -2.48. The van der Waals surface area contributed by atoms with Crippen LogP contribution in [-0.2, 0) is 10.2 Å². The number of hydrogen-bond donors (Lipinski definition) is 2. The lowest BCUT2D eigenvalue weighted by atomic mass is 9.74. The second-order valence-electron chi connectivity index (χ2n) is 6.84. The number of ether oxygens (including phenoxy) is 1. The van der Waals surface area contributed by atoms with E-state index in [1.807, 2.05) is 7.05 Å². The van der Waals surface area contributed by atoms with Crippen molar-refractivity contribution >= 4 is 57.6 Å². The van der Waals surface area contributed by atoms with E-state index in [4.69, 9.17) is 4.74 Å². The second kappa shape index (κ2) is 11.1. The van der Waals surface area contributed by atoms with Gasteiger partial charge in [-0.3, -0.25) is 4.99 Å². The molecular weight excluding hydrogens is 525 g/mol. The molecule has 1 aromatic rings. The van der Waals surface area contributed by atoms with Crippen molar-refractivity contribution in [2.75, 3.05) is 39.1 Å². The van der Waals surface area contributed by atoms with E-state index >= 15 is 0 Å². The Morgan fingerprint density at radius 3 is 2.62 bits per heavy atom. The molecule has 0 radical (unpaired) electrons. The lowest BCUT2D eigenvalue weighted by Gasteiger charge is -2.38. The third-order valence-corrected chi connectivity index (χ3v) is 7.17. The number of aliphatic imine (C=N–C) groups is 1. The molecule has 1 unspecified atom stereocenters. The van der Waals surface area contributed by atoms with Gasteiger partial charge in [-0.05, 0) is 49.1 Å². The van der Waals surface area contributed by atoms with Crippen LogP contribution in [0.25, 0.3) is 0 Å². The van der Waals surface area contributed by atoms with Gasteiger partial charge < -0.3 is 15.4 Å². The van der Waals surface area contributed by atoms with Gasteiger partial charge >= 0.3 is 0 Å². The largest absolute Gasteiger partial charge is 0.381 e. The molecule has 0 bridgehead atoms. The Morgan fingerprint density at radius 2 is 2.00 bits per heavy atom. The summed E-state index contributed by atoms with van der Waals surface area (Å²) in [4.78, 5) is 4.42. The summed E-state index contributed by atoms with van der Waals surface area (Å²) in [5, 5.41) is 7.81. The molecule has 1 aromatic carbocycles. The van der Waals surface area contributed by atoms with Gasteiger partial charge in [0.1, 0.15) is 0 Å². The van der Waals surface area contributed by atoms with E-state index in [0.29, 0.717) is 0 Å². The molecule has 0 aromatic heterocycles. The van der Waals surface area contributed by atoms with Crippen LogP contribution in [0, 0.1) is 0 Å². The first kappa shape index (κ1) is 22.3. The highest BCUT2D eigenvalue weighted by atomic mass is 127. The minimum Gasteiger partial charge on any atom is -0.381 e. The van der Waals surface area contributed by atoms with E-state index in [1.54, 1.807) is 0 Å². The normalized spacial score (nSPS) is 22.5. The molecule has 0 saturated carbocycles. The summed E-state index contributed by atoms with van der Waals surface area (Å²) in [6.07, 6.45) is 4.73. The summed E-state index contributed by atoms with van der Waals surface area (Å²) < 4.78 is 6.76. The maximum Gasteiger partial charge on any atom is 0.191 e. The van der Waals surface area contributed by atoms with E-state index in [0.717, 1.165) is 54.8 Å². The van der Waals surface area contributed by atoms with Crippen LogP contribution >= 0.6 is 51.7 Å². The SMILES string of the molecule is CN=C(NCC1CCCS1)NCC1(c2ccc(Br)cc2)CCOCC1.I. The first-order valence-electron chi connectivity index (χ1n) is 9.12. The van der Waals surface area contributed by atoms with E-state index in [1.165, 1.54) is 24.2 Å². The van der Waals surface area contributed by atoms with Crippen molar-refractivity contribution in [3.05, 3.63) is 34.3 Å². The van der Waals surface area contributed by atoms with Gasteiger partial charge in [-0.15, -0.1) is 24.0 Å². The Hall–Kier alpha value is 0.01000. The highest BCUT2D eigenvalue weighted by Gasteiger charge is 2.34. The number of rotatable bonds is 5. The van der Waals surface area contributed by atoms with E-state index in [9.17, 15) is 0 Å². The standard InChI is InChI=1S/C19H28BrN3OS.HI/c1-21-18(22-13-17-3-2-12-25-17)23-14-19(8-10-24-11-9-19)15-4-6-16(20)7-5-15;/h4-7,17H,2-3,8-14H2,1H3,(H2,21,22,23);1H. The van der Waals surface area contributed by atoms with Crippen molar-refractivity contribution in [1.82, 2.24) is 10.6 Å². The van der Waals surface area contributed by atoms with Crippen LogP contribution < -0.4 is 10.6 Å². The Morgan fingerprint density at radius 1 is 1.27 bits per heavy atom. The van der Waals surface area contributed by atoms with E-state index in [2.05, 4.69) is 67.6 Å². The first-order chi connectivity index (χ1) is 12.2. The fraction of sp³-hybridized carbons (Fsp3) is 0.632. The van der Waals surface area contributed by atoms with E-state index in [-0.39, 0.29) is 29.4 Å². The number of thioether (sulfide) groups is 1. The minimum absolute atomic E-state index is 0. The number of nitrogens with zero attached hydrogens (tertiary/aromatic N) is 1. The Balaban J connectivity index is 0.00000243. The van der Waals surface area contributed by atoms with Crippen LogP contribution in [0.2, 0.25) is 0 Å². The third-order valence-electron chi connectivity index (χ3n) is 5.25. The summed E-state index contributed by atoms with van der Waals surface area (Å²) in [6.45, 7) is 3.53. The maximum atomic E-state index is 5.63. The molecule has 0 spiro atoms. The summed E-state index contributed by atoms with van der Waals surface area (Å²) in [7, 11) is 1.85. The van der Waals surface area contributed by atoms with Gasteiger partial charge in [-0.2, -0.15) is 11.8 Å². The van der Waals surface area contributed by atoms with Gasteiger partial charge in [0.05, 0.1) is 0 Å². The Bertz CT molecular complexity index is 573. The average molecular weight is 554 g/mol. The molecule has 2 aliphatic heterocycles. The van der Waals surface area contributed by atoms with Gasteiger partial charge in [0, 0.05) is 48.5 Å². The average Bonchev–Trinajstić information content (AvgIpc) is 3.17. The fourth-order valence-electron chi connectivity index (χ4n) is 3.62. The minimum atomic E-state index is 0. The van der Waals surface area contributed by atoms with Crippen molar-refractivity contribution in [1.29, 1.82) is 0 Å². The van der Waals surface area contributed by atoms with Crippen LogP contribution in [0.3, 0.4) is 0 Å². The van der Waals surface area contributed by atoms with Crippen molar-refractivity contribution in [3.8, 4) is 0 Å². The van der Waals surface area contributed by atoms with Gasteiger partial charge in [0.2, 0.25) is 0 Å². The van der Waals surface area contributed by atoms with Crippen LogP contribution in [0.15, 0.2) is 33.7 Å². The predicted octanol–water partition coefficient (Wildman–Crippen LogP) is 4.18. The third kappa shape index (κ3) is 6.01.